The maximum absolute atomic E-state index is 13.1. The fraction of sp³-hybridized carbons (Fsp3) is 0.785. The summed E-state index contributed by atoms with van der Waals surface area (Å²) in [4.78, 5) is 107. The summed E-state index contributed by atoms with van der Waals surface area (Å²) in [5.74, 6) is -4.18. The summed E-state index contributed by atoms with van der Waals surface area (Å²) in [7, 11) is -4.77. The van der Waals surface area contributed by atoms with Gasteiger partial charge in [-0.3, -0.25) is 62.3 Å². The van der Waals surface area contributed by atoms with E-state index in [1.807, 2.05) is 12.1 Å². The van der Waals surface area contributed by atoms with Gasteiger partial charge in [-0.2, -0.15) is 0 Å². The average molecular weight is 1420 g/mol. The molecule has 3 rings (SSSR count). The molecule has 0 fully saturated rings. The molecule has 2 aromatic rings. The Kier molecular flexibility index (Phi) is 46.7. The Morgan fingerprint density at radius 3 is 1.30 bits per heavy atom. The van der Waals surface area contributed by atoms with E-state index in [1.165, 1.54) is 141 Å². The number of pyridine rings is 1. The number of hydrogen-bond acceptors (Lipinski definition) is 18. The van der Waals surface area contributed by atoms with Crippen molar-refractivity contribution in [3.63, 3.8) is 0 Å². The number of ether oxygens (including phenoxy) is 2. The minimum atomic E-state index is -4.77. The van der Waals surface area contributed by atoms with Crippen molar-refractivity contribution >= 4 is 49.0 Å². The van der Waals surface area contributed by atoms with Crippen molar-refractivity contribution in [2.45, 2.75) is 251 Å². The van der Waals surface area contributed by atoms with E-state index >= 15 is 0 Å². The molecule has 0 aliphatic carbocycles. The molecule has 0 saturated heterocycles. The summed E-state index contributed by atoms with van der Waals surface area (Å²) in [6.45, 7) is 3.45. The quantitative estimate of drug-likeness (QED) is 0.0155. The van der Waals surface area contributed by atoms with Gasteiger partial charge in [-0.15, -0.1) is 0 Å². The normalized spacial score (nSPS) is 14.5. The van der Waals surface area contributed by atoms with Gasteiger partial charge in [0.15, 0.2) is 6.10 Å². The van der Waals surface area contributed by atoms with Crippen LogP contribution < -0.4 is 21.5 Å². The number of nitrogens with one attached hydrogen (secondary N) is 2. The number of hydrogen-bond donors (Lipinski definition) is 6. The second-order valence-corrected chi connectivity index (χ2v) is 25.4. The Morgan fingerprint density at radius 2 is 0.888 bits per heavy atom. The summed E-state index contributed by atoms with van der Waals surface area (Å²) in [6, 6.07) is 3.64. The van der Waals surface area contributed by atoms with Gasteiger partial charge in [-0.1, -0.05) is 194 Å². The van der Waals surface area contributed by atoms with Crippen LogP contribution in [0.3, 0.4) is 0 Å². The molecular formula is C65H111GdN6O16P. The van der Waals surface area contributed by atoms with E-state index < -0.39 is 67.8 Å². The zero-order valence-electron chi connectivity index (χ0n) is 54.0. The molecule has 22 nitrogen and oxygen atoms in total. The first-order valence-corrected chi connectivity index (χ1v) is 35.1. The van der Waals surface area contributed by atoms with Gasteiger partial charge in [-0.25, -0.2) is 4.57 Å². The summed E-state index contributed by atoms with van der Waals surface area (Å²) < 4.78 is 34.6. The second kappa shape index (κ2) is 51.0. The molecule has 0 amide bonds. The molecule has 0 radical (unpaired) electrons. The summed E-state index contributed by atoms with van der Waals surface area (Å²) in [5.41, 5.74) is 0.386. The van der Waals surface area contributed by atoms with Crippen LogP contribution in [0.1, 0.15) is 243 Å². The first kappa shape index (κ1) is 81.6. The number of carboxylic acid groups (broad SMARTS) is 3. The molecule has 2 atom stereocenters. The third-order valence-electron chi connectivity index (χ3n) is 15.9. The molecule has 1 unspecified atom stereocenters. The van der Waals surface area contributed by atoms with Gasteiger partial charge in [0.25, 0.3) is 10.9 Å². The Balaban J connectivity index is 0.0000270. The van der Waals surface area contributed by atoms with Crippen molar-refractivity contribution in [1.82, 2.24) is 19.7 Å². The van der Waals surface area contributed by atoms with Crippen LogP contribution in [0.4, 0.5) is 11.4 Å². The first-order chi connectivity index (χ1) is 42.5. The van der Waals surface area contributed by atoms with E-state index in [1.54, 1.807) is 14.7 Å². The molecule has 0 spiro atoms. The minimum absolute atomic E-state index is 0. The number of nitrogens with zero attached hydrogens (tertiary/aromatic N) is 4. The zero-order valence-corrected chi connectivity index (χ0v) is 57.1. The number of phosphoric ester groups is 1. The number of carboxylic acids is 3. The van der Waals surface area contributed by atoms with Gasteiger partial charge >= 0.3 is 37.7 Å². The predicted octanol–water partition coefficient (Wildman–Crippen LogP) is 11.4. The molecule has 510 valence electrons. The van der Waals surface area contributed by atoms with Crippen LogP contribution in [-0.4, -0.2) is 155 Å². The van der Waals surface area contributed by atoms with Gasteiger partial charge in [0.1, 0.15) is 18.0 Å². The number of esters is 2. The van der Waals surface area contributed by atoms with Gasteiger partial charge in [0.2, 0.25) is 0 Å². The largest absolute Gasteiger partial charge is 0.480 e. The molecule has 1 aromatic carbocycles. The summed E-state index contributed by atoms with van der Waals surface area (Å²) in [5, 5.41) is 34.6. The Hall–Kier alpha value is -3.51. The molecule has 0 saturated carbocycles. The third kappa shape index (κ3) is 41.0. The predicted molar refractivity (Wildman–Crippen MR) is 342 cm³/mol. The van der Waals surface area contributed by atoms with Crippen LogP contribution in [0.2, 0.25) is 0 Å². The molecule has 1 aromatic heterocycles. The first-order valence-electron chi connectivity index (χ1n) is 33.6. The number of fused-ring (bicyclic) bond motifs is 2. The van der Waals surface area contributed by atoms with E-state index in [2.05, 4.69) is 24.5 Å². The van der Waals surface area contributed by atoms with E-state index in [0.29, 0.717) is 37.1 Å². The number of carbonyl (C=O) groups excluding carboxylic acids is 2. The number of carbonyl (C=O) groups is 5. The molecule has 2 bridgehead atoms. The van der Waals surface area contributed by atoms with Crippen molar-refractivity contribution in [2.75, 3.05) is 89.4 Å². The Bertz CT molecular complexity index is 2350. The maximum atomic E-state index is 13.1. The molecular weight excluding hydrogens is 1310 g/mol. The Labute approximate surface area is 562 Å². The van der Waals surface area contributed by atoms with Crippen LogP contribution in [0.5, 0.6) is 0 Å². The number of aliphatic carboxylic acids is 3. The van der Waals surface area contributed by atoms with Crippen LogP contribution >= 0.6 is 7.82 Å². The van der Waals surface area contributed by atoms with Crippen molar-refractivity contribution in [2.24, 2.45) is 0 Å². The van der Waals surface area contributed by atoms with Crippen LogP contribution in [0.25, 0.3) is 0 Å². The van der Waals surface area contributed by atoms with E-state index in [0.717, 1.165) is 44.1 Å². The molecule has 6 N–H and O–H groups in total. The summed E-state index contributed by atoms with van der Waals surface area (Å²) >= 11 is 0. The van der Waals surface area contributed by atoms with Gasteiger partial charge in [0.05, 0.1) is 44.2 Å². The maximum Gasteiger partial charge on any atom is 0.472 e. The van der Waals surface area contributed by atoms with Crippen molar-refractivity contribution in [1.29, 1.82) is 0 Å². The topological polar surface area (TPSA) is 301 Å². The zero-order chi connectivity index (χ0) is 64.0. The van der Waals surface area contributed by atoms with Crippen LogP contribution in [0, 0.1) is 39.9 Å². The number of aromatic nitrogens is 1. The molecule has 24 heteroatoms. The third-order valence-corrected chi connectivity index (χ3v) is 16.9. The molecule has 1 aliphatic heterocycles. The van der Waals surface area contributed by atoms with Crippen molar-refractivity contribution in [3.05, 3.63) is 49.5 Å². The number of anilines is 2. The summed E-state index contributed by atoms with van der Waals surface area (Å²) in [6.07, 6.45) is 35.8. The smallest absolute Gasteiger partial charge is 0.472 e. The average Bonchev–Trinajstić information content (AvgIpc) is 1.17. The minimum Gasteiger partial charge on any atom is -0.480 e. The van der Waals surface area contributed by atoms with E-state index in [-0.39, 0.29) is 143 Å². The number of phosphoric acid groups is 1. The van der Waals surface area contributed by atoms with Crippen molar-refractivity contribution < 1.29 is 107 Å². The SMILES string of the molecule is CCCCCCCCCCCCCCCCCC(=O)OC[C@@H](COP(=O)(O)OCCNc1c(NCCCc2cc3nc(c2)CN(CC(=O)O)CCN(CC(=O)O)CCN(CC(=O)O)C3)c(=O)c1=O)OC(=O)CCCCCCCCCCCCCCCCC.[Gd]. The monoisotopic (exact) mass is 1420 g/mol. The second-order valence-electron chi connectivity index (χ2n) is 24.0. The number of unbranched alkanes of at least 4 members (excludes halogenated alkanes) is 28. The van der Waals surface area contributed by atoms with Crippen LogP contribution in [0.15, 0.2) is 21.7 Å². The van der Waals surface area contributed by atoms with Crippen molar-refractivity contribution in [3.8, 4) is 0 Å². The molecule has 1 aliphatic rings. The fourth-order valence-corrected chi connectivity index (χ4v) is 11.8. The van der Waals surface area contributed by atoms with Gasteiger partial charge in [-0.05, 0) is 43.4 Å². The van der Waals surface area contributed by atoms with E-state index in [4.69, 9.17) is 23.5 Å². The number of aryl methyl sites for hydroxylation is 1. The van der Waals surface area contributed by atoms with Gasteiger partial charge in [0, 0.05) is 105 Å². The number of rotatable bonds is 54. The van der Waals surface area contributed by atoms with Crippen LogP contribution in [-0.2, 0) is 66.6 Å². The standard InChI is InChI=1S/C65H111N6O16P.Gd/c1-3-5-7-9-11-13-15-17-19-21-23-25-27-29-31-35-60(78)84-51-56(87-61(79)36-32-30-28-26-24-22-20-18-16-14-12-10-8-6-4-2)52-86-88(82,83)85-43-38-67-63-62(64(80)65(63)81)66-37-33-34-53-44-54-46-70(49-58(74)75)41-39-69(48-57(72)73)40-42-71(50-59(76)77)47-55(45-53)68-54;/h44-45,56,66-67H,3-43,46-52H2,1-2H3,(H,72,73)(H,74,75)(H,76,77)(H,82,83);/t56-;/m0./s1. The van der Waals surface area contributed by atoms with Gasteiger partial charge < -0.3 is 40.3 Å². The molecule has 2 heterocycles. The van der Waals surface area contributed by atoms with E-state index in [9.17, 15) is 58.3 Å². The fourth-order valence-electron chi connectivity index (χ4n) is 11.0. The molecule has 89 heavy (non-hydrogen) atoms. The Morgan fingerprint density at radius 1 is 0.517 bits per heavy atom.